The number of thiol groups is 1. The summed E-state index contributed by atoms with van der Waals surface area (Å²) in [6.07, 6.45) is 4.50. The minimum Gasteiger partial charge on any atom is -0.317 e. The maximum absolute atomic E-state index is 10.8. The van der Waals surface area contributed by atoms with Gasteiger partial charge in [0.05, 0.1) is 5.75 Å². The molecule has 2 rings (SSSR count). The lowest BCUT2D eigenvalue weighted by Gasteiger charge is -2.23. The fraction of sp³-hybridized carbons (Fsp3) is 0.462. The standard InChI is InChI=1S/C13H18NO2S/c15-17(16)10-13-4-2-1-3-12(13)9-11-5-7-14-8-6-11/h1-4,9,11,14,17H,5-8,10H2. The van der Waals surface area contributed by atoms with Crippen LogP contribution in [0.15, 0.2) is 24.3 Å². The zero-order valence-corrected chi connectivity index (χ0v) is 10.7. The minimum atomic E-state index is -2.35. The maximum atomic E-state index is 10.8. The molecule has 1 saturated heterocycles. The first-order valence-corrected chi connectivity index (χ1v) is 7.37. The van der Waals surface area contributed by atoms with Crippen LogP contribution >= 0.6 is 0 Å². The molecule has 1 aromatic carbocycles. The predicted octanol–water partition coefficient (Wildman–Crippen LogP) is 1.35. The molecule has 93 valence electrons. The van der Waals surface area contributed by atoms with Crippen LogP contribution in [0.2, 0.25) is 0 Å². The Morgan fingerprint density at radius 1 is 1.24 bits per heavy atom. The lowest BCUT2D eigenvalue weighted by atomic mass is 9.89. The van der Waals surface area contributed by atoms with Gasteiger partial charge in [0.1, 0.15) is 10.7 Å². The fourth-order valence-corrected chi connectivity index (χ4v) is 2.81. The third-order valence-electron chi connectivity index (χ3n) is 3.15. The Morgan fingerprint density at radius 2 is 1.94 bits per heavy atom. The van der Waals surface area contributed by atoms with E-state index in [-0.39, 0.29) is 5.75 Å². The molecule has 0 aliphatic carbocycles. The summed E-state index contributed by atoms with van der Waals surface area (Å²) in [6.45, 7) is 2.11. The highest BCUT2D eigenvalue weighted by molar-refractivity contribution is 7.71. The first-order chi connectivity index (χ1) is 8.25. The summed E-state index contributed by atoms with van der Waals surface area (Å²) >= 11 is 0. The molecule has 1 aromatic rings. The van der Waals surface area contributed by atoms with Gasteiger partial charge < -0.3 is 5.32 Å². The Hall–Kier alpha value is -0.870. The van der Waals surface area contributed by atoms with E-state index in [2.05, 4.69) is 11.7 Å². The van der Waals surface area contributed by atoms with Gasteiger partial charge in [-0.05, 0) is 49.4 Å². The number of benzene rings is 1. The number of piperidine rings is 1. The summed E-state index contributed by atoms with van der Waals surface area (Å²) in [7, 11) is -2.35. The van der Waals surface area contributed by atoms with Crippen LogP contribution in [-0.2, 0) is 16.5 Å². The monoisotopic (exact) mass is 252 g/mol. The molecule has 1 aliphatic heterocycles. The summed E-state index contributed by atoms with van der Waals surface area (Å²) in [5, 5.41) is 3.33. The molecule has 1 heterocycles. The van der Waals surface area contributed by atoms with Gasteiger partial charge in [-0.25, -0.2) is 8.42 Å². The highest BCUT2D eigenvalue weighted by Gasteiger charge is 2.15. The van der Waals surface area contributed by atoms with Crippen LogP contribution < -0.4 is 5.32 Å². The van der Waals surface area contributed by atoms with Crippen molar-refractivity contribution in [1.82, 2.24) is 5.32 Å². The quantitative estimate of drug-likeness (QED) is 0.795. The van der Waals surface area contributed by atoms with E-state index >= 15 is 0 Å². The van der Waals surface area contributed by atoms with Crippen molar-refractivity contribution >= 4 is 10.7 Å². The van der Waals surface area contributed by atoms with Gasteiger partial charge in [0.25, 0.3) is 0 Å². The molecule has 1 aliphatic rings. The zero-order chi connectivity index (χ0) is 12.1. The molecule has 1 fully saturated rings. The van der Waals surface area contributed by atoms with Crippen LogP contribution in [0.1, 0.15) is 24.0 Å². The molecular formula is C13H18NO2S. The molecule has 4 heteroatoms. The summed E-state index contributed by atoms with van der Waals surface area (Å²) in [5.41, 5.74) is 2.00. The van der Waals surface area contributed by atoms with Gasteiger partial charge in [0.2, 0.25) is 0 Å². The molecule has 0 bridgehead atoms. The molecule has 0 amide bonds. The second kappa shape index (κ2) is 6.17. The Kier molecular flexibility index (Phi) is 4.57. The number of rotatable bonds is 4. The van der Waals surface area contributed by atoms with Crippen molar-refractivity contribution in [3.63, 3.8) is 0 Å². The van der Waals surface area contributed by atoms with Crippen LogP contribution in [0.3, 0.4) is 0 Å². The van der Waals surface area contributed by atoms with Crippen LogP contribution in [0.4, 0.5) is 0 Å². The molecule has 1 radical (unpaired) electrons. The van der Waals surface area contributed by atoms with Gasteiger partial charge in [-0.1, -0.05) is 24.3 Å². The van der Waals surface area contributed by atoms with Gasteiger partial charge in [0, 0.05) is 0 Å². The topological polar surface area (TPSA) is 46.2 Å². The molecule has 0 aromatic heterocycles. The van der Waals surface area contributed by atoms with Crippen molar-refractivity contribution in [3.8, 4) is 0 Å². The molecule has 0 saturated carbocycles. The molecule has 3 nitrogen and oxygen atoms in total. The third-order valence-corrected chi connectivity index (χ3v) is 3.75. The first-order valence-electron chi connectivity index (χ1n) is 6.01. The largest absolute Gasteiger partial charge is 0.317 e. The Labute approximate surface area is 104 Å². The highest BCUT2D eigenvalue weighted by atomic mass is 32.2. The van der Waals surface area contributed by atoms with Gasteiger partial charge in [0.15, 0.2) is 0 Å². The number of nitrogens with one attached hydrogen (secondary N) is 1. The van der Waals surface area contributed by atoms with Crippen molar-refractivity contribution in [2.45, 2.75) is 18.6 Å². The van der Waals surface area contributed by atoms with Crippen molar-refractivity contribution in [2.75, 3.05) is 13.1 Å². The first kappa shape index (κ1) is 12.6. The average Bonchev–Trinajstić information content (AvgIpc) is 2.32. The molecule has 0 spiro atoms. The second-order valence-electron chi connectivity index (χ2n) is 4.44. The van der Waals surface area contributed by atoms with Gasteiger partial charge in [-0.2, -0.15) is 0 Å². The third kappa shape index (κ3) is 3.82. The van der Waals surface area contributed by atoms with Crippen molar-refractivity contribution < 1.29 is 8.42 Å². The lowest BCUT2D eigenvalue weighted by molar-refractivity contribution is 0.420. The van der Waals surface area contributed by atoms with E-state index in [4.69, 9.17) is 0 Å². The van der Waals surface area contributed by atoms with Crippen LogP contribution in [0.25, 0.3) is 0 Å². The van der Waals surface area contributed by atoms with Crippen molar-refractivity contribution in [2.24, 2.45) is 5.92 Å². The lowest BCUT2D eigenvalue weighted by Crippen LogP contribution is -2.28. The molecule has 17 heavy (non-hydrogen) atoms. The van der Waals surface area contributed by atoms with Gasteiger partial charge >= 0.3 is 0 Å². The summed E-state index contributed by atoms with van der Waals surface area (Å²) in [4.78, 5) is 0. The van der Waals surface area contributed by atoms with E-state index in [0.717, 1.165) is 37.1 Å². The minimum absolute atomic E-state index is 0.146. The molecule has 0 atom stereocenters. The number of hydrogen-bond donors (Lipinski definition) is 2. The van der Waals surface area contributed by atoms with E-state index in [1.54, 1.807) is 0 Å². The van der Waals surface area contributed by atoms with E-state index in [9.17, 15) is 8.42 Å². The van der Waals surface area contributed by atoms with E-state index in [1.807, 2.05) is 24.3 Å². The van der Waals surface area contributed by atoms with Crippen molar-refractivity contribution in [1.29, 1.82) is 0 Å². The van der Waals surface area contributed by atoms with Gasteiger partial charge in [-0.3, -0.25) is 0 Å². The summed E-state index contributed by atoms with van der Waals surface area (Å²) in [5.74, 6) is 0.717. The average molecular weight is 252 g/mol. The summed E-state index contributed by atoms with van der Waals surface area (Å²) in [6, 6.07) is 7.77. The van der Waals surface area contributed by atoms with E-state index in [0.29, 0.717) is 5.92 Å². The van der Waals surface area contributed by atoms with Crippen LogP contribution in [0, 0.1) is 12.3 Å². The second-order valence-corrected chi connectivity index (χ2v) is 5.43. The SMILES string of the molecule is O=[SH](=O)Cc1ccccc1[CH]C1CCNCC1. The molecule has 1 N–H and O–H groups in total. The highest BCUT2D eigenvalue weighted by Crippen LogP contribution is 2.22. The summed E-state index contributed by atoms with van der Waals surface area (Å²) < 4.78 is 21.7. The van der Waals surface area contributed by atoms with Crippen LogP contribution in [0.5, 0.6) is 0 Å². The molecule has 0 unspecified atom stereocenters. The van der Waals surface area contributed by atoms with E-state index in [1.165, 1.54) is 0 Å². The Balaban J connectivity index is 2.08. The molecular weight excluding hydrogens is 234 g/mol. The maximum Gasteiger partial charge on any atom is 0.144 e. The van der Waals surface area contributed by atoms with Crippen LogP contribution in [-0.4, -0.2) is 21.5 Å². The fourth-order valence-electron chi connectivity index (χ4n) is 2.24. The van der Waals surface area contributed by atoms with Gasteiger partial charge in [-0.15, -0.1) is 0 Å². The smallest absolute Gasteiger partial charge is 0.144 e. The predicted molar refractivity (Wildman–Crippen MR) is 69.5 cm³/mol. The normalized spacial score (nSPS) is 17.5. The Bertz CT molecular complexity index is 429. The van der Waals surface area contributed by atoms with Crippen molar-refractivity contribution in [3.05, 3.63) is 41.8 Å². The Morgan fingerprint density at radius 3 is 2.65 bits per heavy atom. The zero-order valence-electron chi connectivity index (χ0n) is 9.76. The number of hydrogen-bond acceptors (Lipinski definition) is 3. The van der Waals surface area contributed by atoms with E-state index < -0.39 is 10.7 Å².